The Labute approximate surface area is 150 Å². The van der Waals surface area contributed by atoms with Crippen molar-refractivity contribution >= 4 is 38.5 Å². The third kappa shape index (κ3) is 3.20. The minimum atomic E-state index is -0.283. The molecule has 2 aliphatic rings. The standard InChI is InChI=1S/C18H21N3O3S/c1-24-13-6-7-14-15(9-13)25-18(19-14)20-17(23)11-8-16(22)21(10-11)12-4-2-3-5-12/h6-7,9,11-12H,2-5,8,10H2,1H3,(H,19,20,23). The predicted molar refractivity (Wildman–Crippen MR) is 96.9 cm³/mol. The Morgan fingerprint density at radius 2 is 2.16 bits per heavy atom. The molecule has 1 saturated heterocycles. The summed E-state index contributed by atoms with van der Waals surface area (Å²) >= 11 is 1.42. The number of amides is 2. The second kappa shape index (κ2) is 6.63. The molecular weight excluding hydrogens is 338 g/mol. The number of carbonyl (C=O) groups excluding carboxylic acids is 2. The number of nitrogens with zero attached hydrogens (tertiary/aromatic N) is 2. The number of benzene rings is 1. The molecular formula is C18H21N3O3S. The monoisotopic (exact) mass is 359 g/mol. The number of fused-ring (bicyclic) bond motifs is 1. The number of aromatic nitrogens is 1. The summed E-state index contributed by atoms with van der Waals surface area (Å²) in [6.45, 7) is 0.536. The first-order valence-electron chi connectivity index (χ1n) is 8.69. The van der Waals surface area contributed by atoms with E-state index in [0.717, 1.165) is 28.8 Å². The SMILES string of the molecule is COc1ccc2nc(NC(=O)C3CC(=O)N(C4CCCC4)C3)sc2c1. The molecule has 0 radical (unpaired) electrons. The molecule has 1 saturated carbocycles. The summed E-state index contributed by atoms with van der Waals surface area (Å²) in [5, 5.41) is 3.46. The first kappa shape index (κ1) is 16.3. The van der Waals surface area contributed by atoms with E-state index in [1.54, 1.807) is 7.11 Å². The van der Waals surface area contributed by atoms with Crippen LogP contribution in [0.5, 0.6) is 5.75 Å². The van der Waals surface area contributed by atoms with Crippen molar-refractivity contribution in [2.75, 3.05) is 19.0 Å². The molecule has 0 spiro atoms. The molecule has 1 unspecified atom stereocenters. The van der Waals surface area contributed by atoms with Gasteiger partial charge in [-0.05, 0) is 31.0 Å². The molecule has 2 amide bonds. The van der Waals surface area contributed by atoms with Crippen LogP contribution in [0.3, 0.4) is 0 Å². The average molecular weight is 359 g/mol. The Hall–Kier alpha value is -2.15. The van der Waals surface area contributed by atoms with E-state index in [9.17, 15) is 9.59 Å². The van der Waals surface area contributed by atoms with Gasteiger partial charge in [0, 0.05) is 19.0 Å². The number of anilines is 1. The number of rotatable bonds is 4. The average Bonchev–Trinajstić information content (AvgIpc) is 3.32. The van der Waals surface area contributed by atoms with Crippen molar-refractivity contribution in [3.63, 3.8) is 0 Å². The van der Waals surface area contributed by atoms with E-state index < -0.39 is 0 Å². The molecule has 2 fully saturated rings. The molecule has 6 nitrogen and oxygen atoms in total. The summed E-state index contributed by atoms with van der Waals surface area (Å²) in [6, 6.07) is 5.97. The first-order valence-corrected chi connectivity index (χ1v) is 9.50. The Bertz CT molecular complexity index is 813. The van der Waals surface area contributed by atoms with Gasteiger partial charge in [0.1, 0.15) is 5.75 Å². The van der Waals surface area contributed by atoms with Crippen LogP contribution in [0.25, 0.3) is 10.2 Å². The Kier molecular flexibility index (Phi) is 4.33. The summed E-state index contributed by atoms with van der Waals surface area (Å²) < 4.78 is 6.18. The van der Waals surface area contributed by atoms with Gasteiger partial charge in [0.2, 0.25) is 11.8 Å². The topological polar surface area (TPSA) is 71.5 Å². The van der Waals surface area contributed by atoms with Gasteiger partial charge < -0.3 is 15.0 Å². The highest BCUT2D eigenvalue weighted by molar-refractivity contribution is 7.22. The summed E-state index contributed by atoms with van der Waals surface area (Å²) in [4.78, 5) is 31.2. The third-order valence-electron chi connectivity index (χ3n) is 5.12. The molecule has 1 aliphatic heterocycles. The van der Waals surface area contributed by atoms with Crippen LogP contribution in [0.15, 0.2) is 18.2 Å². The van der Waals surface area contributed by atoms with Crippen LogP contribution < -0.4 is 10.1 Å². The fourth-order valence-corrected chi connectivity index (χ4v) is 4.67. The minimum absolute atomic E-state index is 0.111. The van der Waals surface area contributed by atoms with E-state index in [4.69, 9.17) is 4.74 Å². The summed E-state index contributed by atoms with van der Waals surface area (Å²) in [5.41, 5.74) is 0.830. The van der Waals surface area contributed by atoms with E-state index in [-0.39, 0.29) is 17.7 Å². The smallest absolute Gasteiger partial charge is 0.231 e. The molecule has 7 heteroatoms. The van der Waals surface area contributed by atoms with Crippen LogP contribution in [-0.2, 0) is 9.59 Å². The summed E-state index contributed by atoms with van der Waals surface area (Å²) in [7, 11) is 1.62. The number of nitrogens with one attached hydrogen (secondary N) is 1. The molecule has 132 valence electrons. The van der Waals surface area contributed by atoms with Gasteiger partial charge in [-0.1, -0.05) is 24.2 Å². The lowest BCUT2D eigenvalue weighted by molar-refractivity contribution is -0.129. The van der Waals surface area contributed by atoms with Gasteiger partial charge in [-0.15, -0.1) is 0 Å². The highest BCUT2D eigenvalue weighted by atomic mass is 32.1. The van der Waals surface area contributed by atoms with Crippen molar-refractivity contribution in [2.24, 2.45) is 5.92 Å². The van der Waals surface area contributed by atoms with Crippen molar-refractivity contribution < 1.29 is 14.3 Å². The normalized spacial score (nSPS) is 21.2. The zero-order chi connectivity index (χ0) is 17.4. The van der Waals surface area contributed by atoms with Gasteiger partial charge in [-0.25, -0.2) is 4.98 Å². The Balaban J connectivity index is 1.44. The van der Waals surface area contributed by atoms with E-state index in [2.05, 4.69) is 10.3 Å². The van der Waals surface area contributed by atoms with Crippen LogP contribution in [0.4, 0.5) is 5.13 Å². The number of carbonyl (C=O) groups is 2. The van der Waals surface area contributed by atoms with Crippen LogP contribution in [0, 0.1) is 5.92 Å². The molecule has 1 aromatic carbocycles. The molecule has 1 atom stereocenters. The Morgan fingerprint density at radius 1 is 1.36 bits per heavy atom. The van der Waals surface area contributed by atoms with Gasteiger partial charge >= 0.3 is 0 Å². The van der Waals surface area contributed by atoms with Crippen LogP contribution in [0.1, 0.15) is 32.1 Å². The highest BCUT2D eigenvalue weighted by Crippen LogP contribution is 2.32. The molecule has 1 N–H and O–H groups in total. The number of likely N-dealkylation sites (tertiary alicyclic amines) is 1. The van der Waals surface area contributed by atoms with Crippen molar-refractivity contribution in [1.29, 1.82) is 0 Å². The lowest BCUT2D eigenvalue weighted by Crippen LogP contribution is -2.35. The van der Waals surface area contributed by atoms with Gasteiger partial charge in [0.15, 0.2) is 5.13 Å². The largest absolute Gasteiger partial charge is 0.497 e. The molecule has 1 aromatic heterocycles. The number of thiazole rings is 1. The van der Waals surface area contributed by atoms with Crippen molar-refractivity contribution in [3.8, 4) is 5.75 Å². The molecule has 4 rings (SSSR count). The van der Waals surface area contributed by atoms with Crippen LogP contribution in [-0.4, -0.2) is 41.4 Å². The van der Waals surface area contributed by atoms with E-state index in [1.165, 1.54) is 24.2 Å². The molecule has 1 aliphatic carbocycles. The second-order valence-electron chi connectivity index (χ2n) is 6.73. The first-order chi connectivity index (χ1) is 12.1. The minimum Gasteiger partial charge on any atom is -0.497 e. The highest BCUT2D eigenvalue weighted by Gasteiger charge is 2.38. The quantitative estimate of drug-likeness (QED) is 0.911. The molecule has 0 bridgehead atoms. The van der Waals surface area contributed by atoms with Crippen LogP contribution >= 0.6 is 11.3 Å². The van der Waals surface area contributed by atoms with Gasteiger partial charge in [0.25, 0.3) is 0 Å². The number of methoxy groups -OCH3 is 1. The maximum atomic E-state index is 12.6. The van der Waals surface area contributed by atoms with Crippen molar-refractivity contribution in [1.82, 2.24) is 9.88 Å². The van der Waals surface area contributed by atoms with Crippen LogP contribution in [0.2, 0.25) is 0 Å². The number of ether oxygens (including phenoxy) is 1. The number of hydrogen-bond donors (Lipinski definition) is 1. The predicted octanol–water partition coefficient (Wildman–Crippen LogP) is 3.03. The van der Waals surface area contributed by atoms with Crippen molar-refractivity contribution in [2.45, 2.75) is 38.1 Å². The lowest BCUT2D eigenvalue weighted by atomic mass is 10.1. The van der Waals surface area contributed by atoms with Crippen molar-refractivity contribution in [3.05, 3.63) is 18.2 Å². The second-order valence-corrected chi connectivity index (χ2v) is 7.76. The maximum absolute atomic E-state index is 12.6. The zero-order valence-corrected chi connectivity index (χ0v) is 15.0. The summed E-state index contributed by atoms with van der Waals surface area (Å²) in [5.74, 6) is 0.484. The molecule has 2 heterocycles. The Morgan fingerprint density at radius 3 is 2.92 bits per heavy atom. The maximum Gasteiger partial charge on any atom is 0.231 e. The fourth-order valence-electron chi connectivity index (χ4n) is 3.77. The molecule has 2 aromatic rings. The zero-order valence-electron chi connectivity index (χ0n) is 14.2. The molecule has 25 heavy (non-hydrogen) atoms. The fraction of sp³-hybridized carbons (Fsp3) is 0.500. The van der Waals surface area contributed by atoms with E-state index in [0.29, 0.717) is 24.1 Å². The van der Waals surface area contributed by atoms with Gasteiger partial charge in [-0.3, -0.25) is 9.59 Å². The summed E-state index contributed by atoms with van der Waals surface area (Å²) in [6.07, 6.45) is 4.81. The van der Waals surface area contributed by atoms with E-state index >= 15 is 0 Å². The van der Waals surface area contributed by atoms with Gasteiger partial charge in [-0.2, -0.15) is 0 Å². The number of hydrogen-bond acceptors (Lipinski definition) is 5. The lowest BCUT2D eigenvalue weighted by Gasteiger charge is -2.23. The van der Waals surface area contributed by atoms with E-state index in [1.807, 2.05) is 23.1 Å². The third-order valence-corrected chi connectivity index (χ3v) is 6.05. The van der Waals surface area contributed by atoms with Gasteiger partial charge in [0.05, 0.1) is 23.2 Å².